The number of carbonyl (C=O) groups excluding carboxylic acids is 1. The molecule has 2 atom stereocenters. The predicted octanol–water partition coefficient (Wildman–Crippen LogP) is 1.97. The van der Waals surface area contributed by atoms with Crippen LogP contribution in [-0.2, 0) is 9.53 Å². The van der Waals surface area contributed by atoms with Crippen molar-refractivity contribution < 1.29 is 9.53 Å². The highest BCUT2D eigenvalue weighted by molar-refractivity contribution is 5.68. The van der Waals surface area contributed by atoms with Gasteiger partial charge >= 0.3 is 5.97 Å². The van der Waals surface area contributed by atoms with Crippen molar-refractivity contribution in [1.82, 2.24) is 5.32 Å². The maximum Gasteiger partial charge on any atom is 0.305 e. The molecule has 1 rings (SSSR count). The summed E-state index contributed by atoms with van der Waals surface area (Å²) in [4.78, 5) is 10.8. The minimum Gasteiger partial charge on any atom is -0.469 e. The van der Waals surface area contributed by atoms with Crippen LogP contribution in [0.1, 0.15) is 39.0 Å². The number of methoxy groups -OCH3 is 1. The fourth-order valence-electron chi connectivity index (χ4n) is 2.27. The summed E-state index contributed by atoms with van der Waals surface area (Å²) < 4.78 is 4.58. The molecule has 1 N–H and O–H groups in total. The summed E-state index contributed by atoms with van der Waals surface area (Å²) in [6, 6.07) is 0. The van der Waals surface area contributed by atoms with E-state index >= 15 is 0 Å². The van der Waals surface area contributed by atoms with Crippen molar-refractivity contribution >= 4 is 5.97 Å². The molecule has 0 aromatic heterocycles. The monoisotopic (exact) mass is 213 g/mol. The Balaban J connectivity index is 1.95. The second-order valence-electron chi connectivity index (χ2n) is 4.55. The normalized spacial score (nSPS) is 25.5. The zero-order chi connectivity index (χ0) is 11.1. The Morgan fingerprint density at radius 2 is 2.27 bits per heavy atom. The van der Waals surface area contributed by atoms with Gasteiger partial charge in [-0.3, -0.25) is 4.79 Å². The van der Waals surface area contributed by atoms with E-state index in [1.54, 1.807) is 0 Å². The zero-order valence-corrected chi connectivity index (χ0v) is 9.92. The average molecular weight is 213 g/mol. The van der Waals surface area contributed by atoms with Gasteiger partial charge in [-0.2, -0.15) is 0 Å². The van der Waals surface area contributed by atoms with Crippen molar-refractivity contribution in [3.8, 4) is 0 Å². The first-order chi connectivity index (χ1) is 7.24. The lowest BCUT2D eigenvalue weighted by molar-refractivity contribution is -0.140. The molecule has 0 heterocycles. The fraction of sp³-hybridized carbons (Fsp3) is 0.917. The number of esters is 1. The van der Waals surface area contributed by atoms with Gasteiger partial charge in [0.2, 0.25) is 0 Å². The molecular weight excluding hydrogens is 190 g/mol. The van der Waals surface area contributed by atoms with Crippen molar-refractivity contribution in [3.63, 3.8) is 0 Å². The molecule has 1 fully saturated rings. The van der Waals surface area contributed by atoms with Gasteiger partial charge in [0, 0.05) is 6.42 Å². The molecule has 0 radical (unpaired) electrons. The number of hydrogen-bond donors (Lipinski definition) is 1. The van der Waals surface area contributed by atoms with E-state index in [-0.39, 0.29) is 5.97 Å². The maximum atomic E-state index is 10.8. The SMILES string of the molecule is COC(=O)CCCNCC1CCCC1C. The summed E-state index contributed by atoms with van der Waals surface area (Å²) in [7, 11) is 1.44. The highest BCUT2D eigenvalue weighted by Crippen LogP contribution is 2.30. The van der Waals surface area contributed by atoms with Gasteiger partial charge < -0.3 is 10.1 Å². The van der Waals surface area contributed by atoms with Crippen LogP contribution in [0.5, 0.6) is 0 Å². The van der Waals surface area contributed by atoms with Crippen LogP contribution >= 0.6 is 0 Å². The van der Waals surface area contributed by atoms with Crippen LogP contribution in [-0.4, -0.2) is 26.2 Å². The molecule has 0 bridgehead atoms. The van der Waals surface area contributed by atoms with E-state index < -0.39 is 0 Å². The van der Waals surface area contributed by atoms with Gasteiger partial charge in [-0.1, -0.05) is 19.8 Å². The summed E-state index contributed by atoms with van der Waals surface area (Å²) in [6.45, 7) is 4.38. The predicted molar refractivity (Wildman–Crippen MR) is 60.6 cm³/mol. The van der Waals surface area contributed by atoms with Gasteiger partial charge in [-0.25, -0.2) is 0 Å². The van der Waals surface area contributed by atoms with E-state index in [0.29, 0.717) is 6.42 Å². The van der Waals surface area contributed by atoms with Crippen LogP contribution in [0.2, 0.25) is 0 Å². The third-order valence-corrected chi connectivity index (χ3v) is 3.41. The Morgan fingerprint density at radius 3 is 2.87 bits per heavy atom. The van der Waals surface area contributed by atoms with Crippen molar-refractivity contribution in [2.24, 2.45) is 11.8 Å². The summed E-state index contributed by atoms with van der Waals surface area (Å²) in [6.07, 6.45) is 5.55. The van der Waals surface area contributed by atoms with Crippen molar-refractivity contribution in [3.05, 3.63) is 0 Å². The maximum absolute atomic E-state index is 10.8. The van der Waals surface area contributed by atoms with Crippen LogP contribution in [0.3, 0.4) is 0 Å². The topological polar surface area (TPSA) is 38.3 Å². The Bertz CT molecular complexity index is 194. The first kappa shape index (κ1) is 12.5. The second-order valence-corrected chi connectivity index (χ2v) is 4.55. The first-order valence-corrected chi connectivity index (χ1v) is 6.01. The molecule has 0 aromatic rings. The van der Waals surface area contributed by atoms with Crippen molar-refractivity contribution in [1.29, 1.82) is 0 Å². The lowest BCUT2D eigenvalue weighted by Gasteiger charge is -2.15. The summed E-state index contributed by atoms with van der Waals surface area (Å²) in [5.41, 5.74) is 0. The molecule has 3 heteroatoms. The third kappa shape index (κ3) is 4.65. The highest BCUT2D eigenvalue weighted by atomic mass is 16.5. The summed E-state index contributed by atoms with van der Waals surface area (Å²) >= 11 is 0. The van der Waals surface area contributed by atoms with Crippen LogP contribution in [0.4, 0.5) is 0 Å². The van der Waals surface area contributed by atoms with Crippen LogP contribution in [0.15, 0.2) is 0 Å². The summed E-state index contributed by atoms with van der Waals surface area (Å²) in [5.74, 6) is 1.62. The van der Waals surface area contributed by atoms with E-state index in [2.05, 4.69) is 17.0 Å². The minimum absolute atomic E-state index is 0.106. The Labute approximate surface area is 92.6 Å². The Morgan fingerprint density at radius 1 is 1.47 bits per heavy atom. The van der Waals surface area contributed by atoms with Gasteiger partial charge in [0.15, 0.2) is 0 Å². The van der Waals surface area contributed by atoms with Gasteiger partial charge in [0.25, 0.3) is 0 Å². The minimum atomic E-state index is -0.106. The molecule has 2 unspecified atom stereocenters. The van der Waals surface area contributed by atoms with E-state index in [0.717, 1.165) is 31.3 Å². The second kappa shape index (κ2) is 6.83. The quantitative estimate of drug-likeness (QED) is 0.541. The number of nitrogens with one attached hydrogen (secondary N) is 1. The molecule has 1 saturated carbocycles. The molecule has 15 heavy (non-hydrogen) atoms. The average Bonchev–Trinajstić information content (AvgIpc) is 2.63. The van der Waals surface area contributed by atoms with E-state index in [1.165, 1.54) is 26.4 Å². The van der Waals surface area contributed by atoms with Gasteiger partial charge in [-0.05, 0) is 37.8 Å². The molecule has 1 aliphatic carbocycles. The molecule has 0 aliphatic heterocycles. The Hall–Kier alpha value is -0.570. The van der Waals surface area contributed by atoms with Crippen LogP contribution in [0, 0.1) is 11.8 Å². The molecule has 0 amide bonds. The van der Waals surface area contributed by atoms with E-state index in [1.807, 2.05) is 0 Å². The van der Waals surface area contributed by atoms with Crippen LogP contribution in [0.25, 0.3) is 0 Å². The summed E-state index contributed by atoms with van der Waals surface area (Å²) in [5, 5.41) is 3.43. The molecule has 1 aliphatic rings. The van der Waals surface area contributed by atoms with Gasteiger partial charge in [0.1, 0.15) is 0 Å². The highest BCUT2D eigenvalue weighted by Gasteiger charge is 2.22. The molecular formula is C12H23NO2. The fourth-order valence-corrected chi connectivity index (χ4v) is 2.27. The van der Waals surface area contributed by atoms with Crippen molar-refractivity contribution in [2.75, 3.05) is 20.2 Å². The number of hydrogen-bond acceptors (Lipinski definition) is 3. The number of ether oxygens (including phenoxy) is 1. The van der Waals surface area contributed by atoms with Crippen molar-refractivity contribution in [2.45, 2.75) is 39.0 Å². The molecule has 3 nitrogen and oxygen atoms in total. The lowest BCUT2D eigenvalue weighted by Crippen LogP contribution is -2.25. The largest absolute Gasteiger partial charge is 0.469 e. The van der Waals surface area contributed by atoms with Gasteiger partial charge in [0.05, 0.1) is 7.11 Å². The number of carbonyl (C=O) groups is 1. The smallest absolute Gasteiger partial charge is 0.305 e. The lowest BCUT2D eigenvalue weighted by atomic mass is 9.98. The number of rotatable bonds is 6. The van der Waals surface area contributed by atoms with Gasteiger partial charge in [-0.15, -0.1) is 0 Å². The molecule has 0 spiro atoms. The molecule has 0 saturated heterocycles. The molecule has 88 valence electrons. The van der Waals surface area contributed by atoms with E-state index in [4.69, 9.17) is 0 Å². The van der Waals surface area contributed by atoms with E-state index in [9.17, 15) is 4.79 Å². The third-order valence-electron chi connectivity index (χ3n) is 3.41. The Kier molecular flexibility index (Phi) is 5.69. The van der Waals surface area contributed by atoms with Crippen LogP contribution < -0.4 is 5.32 Å². The molecule has 0 aromatic carbocycles. The zero-order valence-electron chi connectivity index (χ0n) is 9.92. The first-order valence-electron chi connectivity index (χ1n) is 6.01. The standard InChI is InChI=1S/C12H23NO2/c1-10-5-3-6-11(10)9-13-8-4-7-12(14)15-2/h10-11,13H,3-9H2,1-2H3.